The lowest BCUT2D eigenvalue weighted by Crippen LogP contribution is -2.36. The van der Waals surface area contributed by atoms with E-state index in [9.17, 15) is 18.0 Å². The molecule has 2 N–H and O–H groups in total. The number of aliphatic hydroxyl groups excluding tert-OH is 1. The number of alkyl halides is 3. The van der Waals surface area contributed by atoms with Crippen LogP contribution in [-0.4, -0.2) is 42.2 Å². The number of nitrogens with one attached hydrogen (secondary N) is 1. The molecule has 0 radical (unpaired) electrons. The van der Waals surface area contributed by atoms with Gasteiger partial charge in [-0.3, -0.25) is 4.79 Å². The third kappa shape index (κ3) is 3.29. The van der Waals surface area contributed by atoms with Gasteiger partial charge in [-0.25, -0.2) is 0 Å². The van der Waals surface area contributed by atoms with Crippen LogP contribution in [0.5, 0.6) is 0 Å². The third-order valence-corrected chi connectivity index (χ3v) is 3.44. The minimum Gasteiger partial charge on any atom is -0.395 e. The van der Waals surface area contributed by atoms with Crippen LogP contribution in [0.25, 0.3) is 0 Å². The molecule has 1 aromatic carbocycles. The highest BCUT2D eigenvalue weighted by atomic mass is 19.4. The number of anilines is 1. The van der Waals surface area contributed by atoms with Gasteiger partial charge in [0.15, 0.2) is 0 Å². The molecule has 1 aromatic rings. The second-order valence-corrected chi connectivity index (χ2v) is 4.93. The van der Waals surface area contributed by atoms with Crippen LogP contribution in [-0.2, 0) is 6.18 Å². The number of rotatable bonds is 5. The van der Waals surface area contributed by atoms with Gasteiger partial charge < -0.3 is 15.3 Å². The molecule has 0 spiro atoms. The number of amides is 1. The second-order valence-electron chi connectivity index (χ2n) is 4.93. The van der Waals surface area contributed by atoms with E-state index in [1.54, 1.807) is 0 Å². The third-order valence-electron chi connectivity index (χ3n) is 3.44. The van der Waals surface area contributed by atoms with Crippen molar-refractivity contribution in [3.8, 4) is 0 Å². The Morgan fingerprint density at radius 2 is 2.10 bits per heavy atom. The van der Waals surface area contributed by atoms with Crippen LogP contribution >= 0.6 is 0 Å². The number of aliphatic hydroxyl groups is 1. The van der Waals surface area contributed by atoms with E-state index in [0.717, 1.165) is 18.9 Å². The van der Waals surface area contributed by atoms with Gasteiger partial charge in [-0.15, -0.1) is 0 Å². The molecule has 0 saturated heterocycles. The van der Waals surface area contributed by atoms with E-state index in [1.807, 2.05) is 0 Å². The van der Waals surface area contributed by atoms with Crippen LogP contribution in [0.2, 0.25) is 0 Å². The van der Waals surface area contributed by atoms with Gasteiger partial charge in [-0.2, -0.15) is 13.2 Å². The van der Waals surface area contributed by atoms with Crippen molar-refractivity contribution in [3.63, 3.8) is 0 Å². The normalized spacial score (nSPS) is 14.9. The number of carbonyl (C=O) groups is 1. The van der Waals surface area contributed by atoms with Crippen molar-refractivity contribution in [1.29, 1.82) is 0 Å². The van der Waals surface area contributed by atoms with Crippen LogP contribution < -0.4 is 5.32 Å². The first-order valence-electron chi connectivity index (χ1n) is 6.70. The van der Waals surface area contributed by atoms with Gasteiger partial charge in [-0.1, -0.05) is 6.07 Å². The Bertz CT molecular complexity index is 527. The molecule has 1 aliphatic carbocycles. The molecule has 0 bridgehead atoms. The van der Waals surface area contributed by atoms with Crippen LogP contribution in [0.1, 0.15) is 28.8 Å². The molecule has 1 amide bonds. The number of benzene rings is 1. The van der Waals surface area contributed by atoms with Crippen molar-refractivity contribution in [2.24, 2.45) is 0 Å². The lowest BCUT2D eigenvalue weighted by atomic mass is 10.0. The SMILES string of the molecule is CNc1c(C(=O)N(CCO)C2CC2)cccc1C(F)(F)F. The summed E-state index contributed by atoms with van der Waals surface area (Å²) in [5.41, 5.74) is -1.11. The molecule has 0 aliphatic heterocycles. The molecular formula is C14H17F3N2O2. The fourth-order valence-electron chi connectivity index (χ4n) is 2.33. The van der Waals surface area contributed by atoms with E-state index in [0.29, 0.717) is 0 Å². The largest absolute Gasteiger partial charge is 0.418 e. The summed E-state index contributed by atoms with van der Waals surface area (Å²) in [6.07, 6.45) is -2.89. The van der Waals surface area contributed by atoms with Crippen LogP contribution in [0, 0.1) is 0 Å². The molecule has 7 heteroatoms. The second kappa shape index (κ2) is 5.93. The summed E-state index contributed by atoms with van der Waals surface area (Å²) in [6.45, 7) is -0.0843. The monoisotopic (exact) mass is 302 g/mol. The summed E-state index contributed by atoms with van der Waals surface area (Å²) in [4.78, 5) is 13.9. The quantitative estimate of drug-likeness (QED) is 0.878. The summed E-state index contributed by atoms with van der Waals surface area (Å²) >= 11 is 0. The molecule has 21 heavy (non-hydrogen) atoms. The lowest BCUT2D eigenvalue weighted by Gasteiger charge is -2.24. The number of nitrogens with zero attached hydrogens (tertiary/aromatic N) is 1. The Kier molecular flexibility index (Phi) is 4.41. The van der Waals surface area contributed by atoms with Gasteiger partial charge in [0.05, 0.1) is 23.4 Å². The summed E-state index contributed by atoms with van der Waals surface area (Å²) in [5, 5.41) is 11.5. The van der Waals surface area contributed by atoms with Crippen molar-refractivity contribution in [3.05, 3.63) is 29.3 Å². The van der Waals surface area contributed by atoms with Crippen LogP contribution in [0.4, 0.5) is 18.9 Å². The number of hydrogen-bond acceptors (Lipinski definition) is 3. The summed E-state index contributed by atoms with van der Waals surface area (Å²) in [5.74, 6) is -0.484. The van der Waals surface area contributed by atoms with E-state index < -0.39 is 17.6 Å². The zero-order valence-corrected chi connectivity index (χ0v) is 11.6. The highest BCUT2D eigenvalue weighted by molar-refractivity contribution is 6.00. The molecular weight excluding hydrogens is 285 g/mol. The smallest absolute Gasteiger partial charge is 0.395 e. The van der Waals surface area contributed by atoms with Crippen LogP contribution in [0.15, 0.2) is 18.2 Å². The van der Waals surface area contributed by atoms with Crippen molar-refractivity contribution in [2.75, 3.05) is 25.5 Å². The van der Waals surface area contributed by atoms with E-state index in [4.69, 9.17) is 5.11 Å². The number of carbonyl (C=O) groups excluding carboxylic acids is 1. The first-order valence-corrected chi connectivity index (χ1v) is 6.70. The van der Waals surface area contributed by atoms with Crippen molar-refractivity contribution in [2.45, 2.75) is 25.1 Å². The van der Waals surface area contributed by atoms with E-state index >= 15 is 0 Å². The summed E-state index contributed by atoms with van der Waals surface area (Å²) < 4.78 is 39.0. The fourth-order valence-corrected chi connectivity index (χ4v) is 2.33. The molecule has 0 atom stereocenters. The van der Waals surface area contributed by atoms with Gasteiger partial charge >= 0.3 is 6.18 Å². The molecule has 1 fully saturated rings. The fraction of sp³-hybridized carbons (Fsp3) is 0.500. The van der Waals surface area contributed by atoms with Crippen molar-refractivity contribution >= 4 is 11.6 Å². The Balaban J connectivity index is 2.40. The first kappa shape index (κ1) is 15.6. The maximum Gasteiger partial charge on any atom is 0.418 e. The minimum absolute atomic E-state index is 0.0175. The number of hydrogen-bond donors (Lipinski definition) is 2. The number of para-hydroxylation sites is 1. The Morgan fingerprint density at radius 3 is 2.57 bits per heavy atom. The van der Waals surface area contributed by atoms with Gasteiger partial charge in [0, 0.05) is 19.6 Å². The topological polar surface area (TPSA) is 52.6 Å². The zero-order chi connectivity index (χ0) is 15.6. The molecule has 1 saturated carbocycles. The average Bonchev–Trinajstić information content (AvgIpc) is 3.26. The van der Waals surface area contributed by atoms with Gasteiger partial charge in [0.1, 0.15) is 0 Å². The van der Waals surface area contributed by atoms with E-state index in [1.165, 1.54) is 24.1 Å². The molecule has 0 heterocycles. The zero-order valence-electron chi connectivity index (χ0n) is 11.6. The van der Waals surface area contributed by atoms with Gasteiger partial charge in [0.2, 0.25) is 0 Å². The highest BCUT2D eigenvalue weighted by Gasteiger charge is 2.37. The van der Waals surface area contributed by atoms with E-state index in [-0.39, 0.29) is 30.4 Å². The predicted molar refractivity (Wildman–Crippen MR) is 72.1 cm³/mol. The molecule has 0 unspecified atom stereocenters. The highest BCUT2D eigenvalue weighted by Crippen LogP contribution is 2.37. The molecule has 4 nitrogen and oxygen atoms in total. The standard InChI is InChI=1S/C14H17F3N2O2/c1-18-12-10(3-2-4-11(12)14(15,16)17)13(21)19(7-8-20)9-5-6-9/h2-4,9,18,20H,5-8H2,1H3. The van der Waals surface area contributed by atoms with Crippen molar-refractivity contribution < 1.29 is 23.1 Å². The van der Waals surface area contributed by atoms with Crippen molar-refractivity contribution in [1.82, 2.24) is 4.90 Å². The molecule has 1 aliphatic rings. The average molecular weight is 302 g/mol. The predicted octanol–water partition coefficient (Wildman–Crippen LogP) is 2.34. The maximum atomic E-state index is 13.0. The Morgan fingerprint density at radius 1 is 1.43 bits per heavy atom. The maximum absolute atomic E-state index is 13.0. The lowest BCUT2D eigenvalue weighted by molar-refractivity contribution is -0.136. The molecule has 116 valence electrons. The molecule has 2 rings (SSSR count). The summed E-state index contributed by atoms with van der Waals surface area (Å²) in [7, 11) is 1.36. The molecule has 0 aromatic heterocycles. The summed E-state index contributed by atoms with van der Waals surface area (Å²) in [6, 6.07) is 3.55. The first-order chi connectivity index (χ1) is 9.90. The van der Waals surface area contributed by atoms with Gasteiger partial charge in [-0.05, 0) is 25.0 Å². The van der Waals surface area contributed by atoms with E-state index in [2.05, 4.69) is 5.32 Å². The Labute approximate surface area is 120 Å². The number of halogens is 3. The van der Waals surface area contributed by atoms with Gasteiger partial charge in [0.25, 0.3) is 5.91 Å². The minimum atomic E-state index is -4.53. The Hall–Kier alpha value is -1.76. The van der Waals surface area contributed by atoms with Crippen LogP contribution in [0.3, 0.4) is 0 Å².